The van der Waals surface area contributed by atoms with Crippen molar-refractivity contribution in [2.45, 2.75) is 35.3 Å². The number of alkyl halides is 3. The number of anilines is 1. The number of hydrogen-bond donors (Lipinski definition) is 0. The Hall–Kier alpha value is -3.04. The molecule has 1 saturated heterocycles. The first kappa shape index (κ1) is 22.7. The van der Waals surface area contributed by atoms with E-state index in [-0.39, 0.29) is 34.8 Å². The number of amides is 3. The summed E-state index contributed by atoms with van der Waals surface area (Å²) < 4.78 is 37.9. The molecule has 10 heteroatoms. The van der Waals surface area contributed by atoms with Gasteiger partial charge in [0.05, 0.1) is 5.69 Å². The van der Waals surface area contributed by atoms with Crippen molar-refractivity contribution in [3.05, 3.63) is 77.6 Å². The molecule has 0 radical (unpaired) electrons. The number of pyridine rings is 1. The lowest BCUT2D eigenvalue weighted by molar-refractivity contribution is -0.120. The minimum atomic E-state index is -4.41. The highest BCUT2D eigenvalue weighted by molar-refractivity contribution is 8.00. The molecule has 1 saturated carbocycles. The summed E-state index contributed by atoms with van der Waals surface area (Å²) in [5.41, 5.74) is -2.56. The SMILES string of the molecule is O=C1N(c2ccc(SC(F)(F)F)cc2)C(=O)C2(CC2)N1Cc1ccncc1-c1ccc(Cl)cc1. The second-order valence-corrected chi connectivity index (χ2v) is 9.70. The first-order chi connectivity index (χ1) is 16.2. The fourth-order valence-electron chi connectivity index (χ4n) is 4.18. The third-order valence-corrected chi connectivity index (χ3v) is 6.98. The van der Waals surface area contributed by atoms with Crippen LogP contribution in [0.2, 0.25) is 5.02 Å². The number of thioether (sulfide) groups is 1. The number of carbonyl (C=O) groups excluding carboxylic acids is 2. The van der Waals surface area contributed by atoms with Crippen LogP contribution in [0.4, 0.5) is 23.7 Å². The minimum Gasteiger partial charge on any atom is -0.305 e. The van der Waals surface area contributed by atoms with Crippen LogP contribution >= 0.6 is 23.4 Å². The zero-order chi connectivity index (χ0) is 24.1. The summed E-state index contributed by atoms with van der Waals surface area (Å²) >= 11 is 5.76. The van der Waals surface area contributed by atoms with Crippen molar-refractivity contribution in [1.82, 2.24) is 9.88 Å². The van der Waals surface area contributed by atoms with Crippen molar-refractivity contribution < 1.29 is 22.8 Å². The van der Waals surface area contributed by atoms with E-state index in [4.69, 9.17) is 11.6 Å². The normalized spacial score (nSPS) is 17.1. The van der Waals surface area contributed by atoms with Gasteiger partial charge in [0.1, 0.15) is 5.54 Å². The molecule has 174 valence electrons. The van der Waals surface area contributed by atoms with Crippen molar-refractivity contribution in [2.24, 2.45) is 0 Å². The molecular weight excluding hydrogens is 487 g/mol. The number of halogens is 4. The Bertz CT molecular complexity index is 1260. The lowest BCUT2D eigenvalue weighted by atomic mass is 10.0. The van der Waals surface area contributed by atoms with Crippen LogP contribution < -0.4 is 4.90 Å². The van der Waals surface area contributed by atoms with Gasteiger partial charge in [-0.3, -0.25) is 9.78 Å². The Labute approximate surface area is 202 Å². The van der Waals surface area contributed by atoms with Gasteiger partial charge < -0.3 is 4.90 Å². The number of rotatable bonds is 5. The third kappa shape index (κ3) is 4.14. The summed E-state index contributed by atoms with van der Waals surface area (Å²) in [4.78, 5) is 33.5. The molecule has 0 unspecified atom stereocenters. The van der Waals surface area contributed by atoms with Crippen LogP contribution in [0, 0.1) is 0 Å². The minimum absolute atomic E-state index is 0.0160. The van der Waals surface area contributed by atoms with E-state index < -0.39 is 17.1 Å². The number of carbonyl (C=O) groups is 2. The average Bonchev–Trinajstić information content (AvgIpc) is 3.57. The summed E-state index contributed by atoms with van der Waals surface area (Å²) in [6.45, 7) is 0.198. The van der Waals surface area contributed by atoms with E-state index in [0.717, 1.165) is 21.6 Å². The fraction of sp³-hybridized carbons (Fsp3) is 0.208. The first-order valence-electron chi connectivity index (χ1n) is 10.4. The van der Waals surface area contributed by atoms with Gasteiger partial charge in [-0.15, -0.1) is 0 Å². The fourth-order valence-corrected chi connectivity index (χ4v) is 4.85. The van der Waals surface area contributed by atoms with Crippen LogP contribution in [-0.2, 0) is 11.3 Å². The lowest BCUT2D eigenvalue weighted by Crippen LogP contribution is -2.36. The molecule has 1 aliphatic carbocycles. The van der Waals surface area contributed by atoms with E-state index in [1.165, 1.54) is 24.3 Å². The van der Waals surface area contributed by atoms with E-state index in [0.29, 0.717) is 17.9 Å². The van der Waals surface area contributed by atoms with E-state index >= 15 is 0 Å². The van der Waals surface area contributed by atoms with Gasteiger partial charge in [0.25, 0.3) is 5.91 Å². The Morgan fingerprint density at radius 2 is 1.68 bits per heavy atom. The molecule has 34 heavy (non-hydrogen) atoms. The second-order valence-electron chi connectivity index (χ2n) is 8.12. The van der Waals surface area contributed by atoms with Gasteiger partial charge in [-0.2, -0.15) is 13.2 Å². The summed E-state index contributed by atoms with van der Waals surface area (Å²) in [5, 5.41) is 0.599. The topological polar surface area (TPSA) is 53.5 Å². The van der Waals surface area contributed by atoms with Gasteiger partial charge in [0.15, 0.2) is 0 Å². The molecule has 0 atom stereocenters. The summed E-state index contributed by atoms with van der Waals surface area (Å²) in [6.07, 6.45) is 4.41. The molecule has 2 heterocycles. The van der Waals surface area contributed by atoms with Gasteiger partial charge in [0.2, 0.25) is 0 Å². The predicted octanol–water partition coefficient (Wildman–Crippen LogP) is 6.52. The van der Waals surface area contributed by atoms with Gasteiger partial charge in [0, 0.05) is 34.4 Å². The third-order valence-electron chi connectivity index (χ3n) is 5.99. The molecule has 2 fully saturated rings. The molecule has 5 nitrogen and oxygen atoms in total. The maximum Gasteiger partial charge on any atom is 0.446 e. The number of urea groups is 1. The van der Waals surface area contributed by atoms with Crippen LogP contribution in [0.15, 0.2) is 71.9 Å². The Balaban J connectivity index is 1.43. The van der Waals surface area contributed by atoms with Gasteiger partial charge >= 0.3 is 11.5 Å². The maximum absolute atomic E-state index is 13.4. The van der Waals surface area contributed by atoms with Crippen LogP contribution in [0.25, 0.3) is 11.1 Å². The van der Waals surface area contributed by atoms with Crippen molar-refractivity contribution in [3.63, 3.8) is 0 Å². The van der Waals surface area contributed by atoms with E-state index in [2.05, 4.69) is 4.98 Å². The number of benzene rings is 2. The molecule has 3 aromatic rings. The molecule has 0 N–H and O–H groups in total. The summed E-state index contributed by atoms with van der Waals surface area (Å²) in [7, 11) is 0. The van der Waals surface area contributed by atoms with Crippen molar-refractivity contribution in [3.8, 4) is 11.1 Å². The standard InChI is InChI=1S/C24H17ClF3N3O2S/c25-17-3-1-15(2-4-17)20-13-29-12-9-16(20)14-30-22(33)31(21(32)23(30)10-11-23)18-5-7-19(8-6-18)34-24(26,27)28/h1-9,12-13H,10-11,14H2. The summed E-state index contributed by atoms with van der Waals surface area (Å²) in [5.74, 6) is -0.351. The quantitative estimate of drug-likeness (QED) is 0.294. The van der Waals surface area contributed by atoms with E-state index in [9.17, 15) is 22.8 Å². The molecule has 0 bridgehead atoms. The van der Waals surface area contributed by atoms with E-state index in [1.807, 2.05) is 18.2 Å². The molecule has 1 aromatic heterocycles. The highest BCUT2D eigenvalue weighted by atomic mass is 35.5. The highest BCUT2D eigenvalue weighted by Crippen LogP contribution is 2.50. The van der Waals surface area contributed by atoms with Crippen LogP contribution in [0.3, 0.4) is 0 Å². The zero-order valence-electron chi connectivity index (χ0n) is 17.6. The molecule has 2 aromatic carbocycles. The van der Waals surface area contributed by atoms with Crippen LogP contribution in [0.5, 0.6) is 0 Å². The zero-order valence-corrected chi connectivity index (χ0v) is 19.1. The number of imide groups is 1. The maximum atomic E-state index is 13.4. The van der Waals surface area contributed by atoms with Gasteiger partial charge in [-0.25, -0.2) is 9.69 Å². The van der Waals surface area contributed by atoms with Crippen LogP contribution in [-0.4, -0.2) is 32.9 Å². The molecular formula is C24H17ClF3N3O2S. The predicted molar refractivity (Wildman–Crippen MR) is 123 cm³/mol. The molecule has 1 aliphatic heterocycles. The number of nitrogens with zero attached hydrogens (tertiary/aromatic N) is 3. The highest BCUT2D eigenvalue weighted by Gasteiger charge is 2.65. The molecule has 3 amide bonds. The van der Waals surface area contributed by atoms with Crippen LogP contribution in [0.1, 0.15) is 18.4 Å². The Kier molecular flexibility index (Phi) is 5.56. The average molecular weight is 504 g/mol. The van der Waals surface area contributed by atoms with Gasteiger partial charge in [-0.1, -0.05) is 23.7 Å². The monoisotopic (exact) mass is 503 g/mol. The molecule has 5 rings (SSSR count). The Morgan fingerprint density at radius 3 is 2.29 bits per heavy atom. The summed E-state index contributed by atoms with van der Waals surface area (Å²) in [6, 6.07) is 13.8. The number of hydrogen-bond acceptors (Lipinski definition) is 4. The van der Waals surface area contributed by atoms with E-state index in [1.54, 1.807) is 29.4 Å². The largest absolute Gasteiger partial charge is 0.446 e. The lowest BCUT2D eigenvalue weighted by Gasteiger charge is -2.23. The molecule has 1 spiro atoms. The van der Waals surface area contributed by atoms with Crippen molar-refractivity contribution in [1.29, 1.82) is 0 Å². The number of aromatic nitrogens is 1. The van der Waals surface area contributed by atoms with Gasteiger partial charge in [-0.05, 0) is 78.2 Å². The van der Waals surface area contributed by atoms with Crippen molar-refractivity contribution >= 4 is 41.0 Å². The smallest absolute Gasteiger partial charge is 0.305 e. The second kappa shape index (κ2) is 8.32. The first-order valence-corrected chi connectivity index (χ1v) is 11.6. The Morgan fingerprint density at radius 1 is 1.00 bits per heavy atom. The van der Waals surface area contributed by atoms with Crippen molar-refractivity contribution in [2.75, 3.05) is 4.90 Å². The molecule has 2 aliphatic rings.